The van der Waals surface area contributed by atoms with Crippen LogP contribution in [0, 0.1) is 5.92 Å². The maximum absolute atomic E-state index is 13.2. The van der Waals surface area contributed by atoms with Crippen molar-refractivity contribution in [2.75, 3.05) is 4.90 Å². The van der Waals surface area contributed by atoms with Crippen molar-refractivity contribution >= 4 is 28.8 Å². The third-order valence-corrected chi connectivity index (χ3v) is 5.33. The van der Waals surface area contributed by atoms with Crippen LogP contribution in [0.2, 0.25) is 0 Å². The highest BCUT2D eigenvalue weighted by Gasteiger charge is 2.52. The predicted molar refractivity (Wildman–Crippen MR) is 84.4 cm³/mol. The third-order valence-electron chi connectivity index (χ3n) is 4.66. The van der Waals surface area contributed by atoms with E-state index in [0.717, 1.165) is 37.8 Å². The Hall–Kier alpha value is -1.36. The molecule has 0 aromatic carbocycles. The lowest BCUT2D eigenvalue weighted by molar-refractivity contribution is -0.140. The Kier molecular flexibility index (Phi) is 3.78. The van der Waals surface area contributed by atoms with Crippen molar-refractivity contribution in [2.45, 2.75) is 57.5 Å². The fourth-order valence-electron chi connectivity index (χ4n) is 3.60. The van der Waals surface area contributed by atoms with Gasteiger partial charge in [-0.25, -0.2) is 0 Å². The van der Waals surface area contributed by atoms with Gasteiger partial charge < -0.3 is 5.32 Å². The minimum Gasteiger partial charge on any atom is -0.340 e. The summed E-state index contributed by atoms with van der Waals surface area (Å²) in [6.07, 6.45) is 4.70. The number of thiophene rings is 1. The van der Waals surface area contributed by atoms with E-state index in [1.54, 1.807) is 16.2 Å². The second-order valence-electron chi connectivity index (χ2n) is 6.48. The van der Waals surface area contributed by atoms with Crippen molar-refractivity contribution in [3.05, 3.63) is 16.8 Å². The lowest BCUT2D eigenvalue weighted by atomic mass is 9.77. The number of nitrogens with one attached hydrogen (secondary N) is 1. The summed E-state index contributed by atoms with van der Waals surface area (Å²) in [5.41, 5.74) is 0.200. The summed E-state index contributed by atoms with van der Waals surface area (Å²) in [6.45, 7) is 3.99. The number of hydrogen-bond donors (Lipinski definition) is 1. The van der Waals surface area contributed by atoms with Crippen LogP contribution in [-0.2, 0) is 9.59 Å². The molecule has 0 radical (unpaired) electrons. The molecule has 1 aliphatic carbocycles. The molecule has 1 spiro atoms. The molecule has 21 heavy (non-hydrogen) atoms. The van der Waals surface area contributed by atoms with Crippen molar-refractivity contribution < 1.29 is 9.59 Å². The quantitative estimate of drug-likeness (QED) is 0.913. The van der Waals surface area contributed by atoms with E-state index in [9.17, 15) is 9.59 Å². The lowest BCUT2D eigenvalue weighted by Gasteiger charge is -2.48. The fraction of sp³-hybridized carbons (Fsp3) is 0.625. The number of amides is 2. The van der Waals surface area contributed by atoms with E-state index in [0.29, 0.717) is 0 Å². The molecule has 1 aromatic rings. The van der Waals surface area contributed by atoms with E-state index in [4.69, 9.17) is 0 Å². The molecule has 1 atom stereocenters. The molecular weight excluding hydrogens is 284 g/mol. The molecule has 2 fully saturated rings. The number of nitrogens with zero attached hydrogens (tertiary/aromatic N) is 1. The van der Waals surface area contributed by atoms with Crippen LogP contribution in [0.4, 0.5) is 5.69 Å². The molecule has 114 valence electrons. The molecule has 2 heterocycles. The summed E-state index contributed by atoms with van der Waals surface area (Å²) < 4.78 is 0. The Labute approximate surface area is 129 Å². The molecule has 1 aromatic heterocycles. The summed E-state index contributed by atoms with van der Waals surface area (Å²) >= 11 is 1.56. The minimum atomic E-state index is -0.664. The number of piperazine rings is 1. The molecule has 3 rings (SSSR count). The summed E-state index contributed by atoms with van der Waals surface area (Å²) in [4.78, 5) is 27.6. The molecule has 1 saturated carbocycles. The topological polar surface area (TPSA) is 49.4 Å². The van der Waals surface area contributed by atoms with E-state index in [1.165, 1.54) is 0 Å². The van der Waals surface area contributed by atoms with Gasteiger partial charge in [-0.15, -0.1) is 0 Å². The molecule has 1 unspecified atom stereocenters. The van der Waals surface area contributed by atoms with E-state index >= 15 is 0 Å². The van der Waals surface area contributed by atoms with Gasteiger partial charge in [-0.2, -0.15) is 11.3 Å². The molecule has 5 heteroatoms. The SMILES string of the molecule is CC(C)C1C(=O)NC2(CCCCC2)C(=O)N1c1ccsc1. The minimum absolute atomic E-state index is 0.00213. The number of carbonyl (C=O) groups excluding carboxylic acids is 2. The number of rotatable bonds is 2. The van der Waals surface area contributed by atoms with E-state index in [1.807, 2.05) is 30.7 Å². The van der Waals surface area contributed by atoms with Crippen molar-refractivity contribution in [2.24, 2.45) is 5.92 Å². The smallest absolute Gasteiger partial charge is 0.253 e. The predicted octanol–water partition coefficient (Wildman–Crippen LogP) is 2.94. The highest BCUT2D eigenvalue weighted by Crippen LogP contribution is 2.37. The largest absolute Gasteiger partial charge is 0.340 e. The third kappa shape index (κ3) is 2.37. The summed E-state index contributed by atoms with van der Waals surface area (Å²) in [5.74, 6) is 0.173. The van der Waals surface area contributed by atoms with Crippen molar-refractivity contribution in [1.29, 1.82) is 0 Å². The van der Waals surface area contributed by atoms with Gasteiger partial charge in [-0.1, -0.05) is 33.1 Å². The van der Waals surface area contributed by atoms with Gasteiger partial charge in [0.25, 0.3) is 5.91 Å². The molecule has 1 N–H and O–H groups in total. The maximum Gasteiger partial charge on any atom is 0.253 e. The van der Waals surface area contributed by atoms with E-state index in [2.05, 4.69) is 5.32 Å². The van der Waals surface area contributed by atoms with Gasteiger partial charge in [-0.05, 0) is 30.2 Å². The second kappa shape index (κ2) is 5.44. The zero-order valence-corrected chi connectivity index (χ0v) is 13.4. The Morgan fingerprint density at radius 2 is 2.00 bits per heavy atom. The molecule has 2 aliphatic rings. The standard InChI is InChI=1S/C16H22N2O2S/c1-11(2)13-14(19)17-16(7-4-3-5-8-16)15(20)18(13)12-6-9-21-10-12/h6,9-11,13H,3-5,7-8H2,1-2H3,(H,17,19). The summed E-state index contributed by atoms with van der Waals surface area (Å²) in [6, 6.07) is 1.53. The Bertz CT molecular complexity index is 532. The fourth-order valence-corrected chi connectivity index (χ4v) is 4.23. The summed E-state index contributed by atoms with van der Waals surface area (Å²) in [5, 5.41) is 7.00. The van der Waals surface area contributed by atoms with Crippen LogP contribution in [0.25, 0.3) is 0 Å². The van der Waals surface area contributed by atoms with Crippen molar-refractivity contribution in [3.63, 3.8) is 0 Å². The zero-order valence-electron chi connectivity index (χ0n) is 12.6. The second-order valence-corrected chi connectivity index (χ2v) is 7.26. The molecule has 4 nitrogen and oxygen atoms in total. The molecule has 2 amide bonds. The lowest BCUT2D eigenvalue weighted by Crippen LogP contribution is -2.72. The van der Waals surface area contributed by atoms with E-state index in [-0.39, 0.29) is 17.7 Å². The van der Waals surface area contributed by atoms with Crippen LogP contribution in [0.3, 0.4) is 0 Å². The van der Waals surface area contributed by atoms with Crippen LogP contribution in [-0.4, -0.2) is 23.4 Å². The highest BCUT2D eigenvalue weighted by atomic mass is 32.1. The Morgan fingerprint density at radius 3 is 2.57 bits per heavy atom. The zero-order chi connectivity index (χ0) is 15.0. The van der Waals surface area contributed by atoms with Crippen molar-refractivity contribution in [3.8, 4) is 0 Å². The molecule has 1 aliphatic heterocycles. The molecular formula is C16H22N2O2S. The van der Waals surface area contributed by atoms with Gasteiger partial charge in [0, 0.05) is 5.38 Å². The van der Waals surface area contributed by atoms with Gasteiger partial charge in [0.2, 0.25) is 5.91 Å². The number of anilines is 1. The van der Waals surface area contributed by atoms with Crippen molar-refractivity contribution in [1.82, 2.24) is 5.32 Å². The number of hydrogen-bond acceptors (Lipinski definition) is 3. The van der Waals surface area contributed by atoms with Gasteiger partial charge in [-0.3, -0.25) is 14.5 Å². The average molecular weight is 306 g/mol. The van der Waals surface area contributed by atoms with Crippen LogP contribution in [0.15, 0.2) is 16.8 Å². The monoisotopic (exact) mass is 306 g/mol. The highest BCUT2D eigenvalue weighted by molar-refractivity contribution is 7.08. The molecule has 1 saturated heterocycles. The average Bonchev–Trinajstić information content (AvgIpc) is 2.97. The maximum atomic E-state index is 13.2. The first kappa shape index (κ1) is 14.6. The summed E-state index contributed by atoms with van der Waals surface area (Å²) in [7, 11) is 0. The van der Waals surface area contributed by atoms with Gasteiger partial charge >= 0.3 is 0 Å². The van der Waals surface area contributed by atoms with Crippen LogP contribution in [0.1, 0.15) is 46.0 Å². The van der Waals surface area contributed by atoms with Gasteiger partial charge in [0.1, 0.15) is 11.6 Å². The van der Waals surface area contributed by atoms with E-state index < -0.39 is 11.6 Å². The van der Waals surface area contributed by atoms with Crippen LogP contribution >= 0.6 is 11.3 Å². The van der Waals surface area contributed by atoms with Crippen LogP contribution < -0.4 is 10.2 Å². The van der Waals surface area contributed by atoms with Gasteiger partial charge in [0.15, 0.2) is 0 Å². The normalized spacial score (nSPS) is 25.5. The Morgan fingerprint density at radius 1 is 1.29 bits per heavy atom. The first-order valence-electron chi connectivity index (χ1n) is 7.73. The van der Waals surface area contributed by atoms with Gasteiger partial charge in [0.05, 0.1) is 5.69 Å². The first-order valence-corrected chi connectivity index (χ1v) is 8.67. The number of carbonyl (C=O) groups is 2. The van der Waals surface area contributed by atoms with Crippen LogP contribution in [0.5, 0.6) is 0 Å². The molecule has 0 bridgehead atoms. The first-order chi connectivity index (χ1) is 10.1. The Balaban J connectivity index is 2.02.